The third-order valence-corrected chi connectivity index (χ3v) is 4.27. The van der Waals surface area contributed by atoms with Crippen molar-refractivity contribution in [3.8, 4) is 11.8 Å². The molecule has 1 amide bonds. The average molecular weight is 362 g/mol. The standard InChI is InChI=1S/C22H22N2O3/c1-26-20-14-13-18(22(24-20)27-2)21(25)23-19(17-11-7-4-8-12-17)15-16-9-5-3-6-10-16/h3-14,19H,15H2,1-2H3,(H,23,25)/t19-/m0/s1. The van der Waals surface area contributed by atoms with E-state index in [2.05, 4.69) is 22.4 Å². The molecule has 2 aromatic carbocycles. The molecule has 0 aliphatic rings. The third kappa shape index (κ3) is 4.64. The van der Waals surface area contributed by atoms with Crippen LogP contribution in [-0.4, -0.2) is 25.1 Å². The van der Waals surface area contributed by atoms with E-state index in [1.807, 2.05) is 48.5 Å². The van der Waals surface area contributed by atoms with Crippen LogP contribution < -0.4 is 14.8 Å². The van der Waals surface area contributed by atoms with E-state index in [1.54, 1.807) is 12.1 Å². The highest BCUT2D eigenvalue weighted by molar-refractivity contribution is 5.96. The number of rotatable bonds is 7. The van der Waals surface area contributed by atoms with E-state index in [9.17, 15) is 4.79 Å². The predicted octanol–water partition coefficient (Wildman–Crippen LogP) is 3.81. The number of nitrogens with zero attached hydrogens (tertiary/aromatic N) is 1. The molecular formula is C22H22N2O3. The van der Waals surface area contributed by atoms with Gasteiger partial charge >= 0.3 is 0 Å². The summed E-state index contributed by atoms with van der Waals surface area (Å²) in [5, 5.41) is 3.11. The summed E-state index contributed by atoms with van der Waals surface area (Å²) in [6, 6.07) is 23.1. The molecule has 3 aromatic rings. The van der Waals surface area contributed by atoms with Crippen LogP contribution in [0, 0.1) is 0 Å². The Morgan fingerprint density at radius 2 is 1.59 bits per heavy atom. The van der Waals surface area contributed by atoms with Gasteiger partial charge in [0.2, 0.25) is 11.8 Å². The average Bonchev–Trinajstić information content (AvgIpc) is 2.74. The first-order chi connectivity index (χ1) is 13.2. The second-order valence-corrected chi connectivity index (χ2v) is 6.04. The smallest absolute Gasteiger partial charge is 0.257 e. The SMILES string of the molecule is COc1ccc(C(=O)N[C@@H](Cc2ccccc2)c2ccccc2)c(OC)n1. The zero-order valence-corrected chi connectivity index (χ0v) is 15.4. The summed E-state index contributed by atoms with van der Waals surface area (Å²) in [4.78, 5) is 17.1. The maximum Gasteiger partial charge on any atom is 0.257 e. The highest BCUT2D eigenvalue weighted by Crippen LogP contribution is 2.23. The van der Waals surface area contributed by atoms with E-state index in [0.717, 1.165) is 11.1 Å². The number of carbonyl (C=O) groups is 1. The molecule has 0 aliphatic heterocycles. The third-order valence-electron chi connectivity index (χ3n) is 4.27. The lowest BCUT2D eigenvalue weighted by Crippen LogP contribution is -2.30. The minimum Gasteiger partial charge on any atom is -0.481 e. The summed E-state index contributed by atoms with van der Waals surface area (Å²) in [6.07, 6.45) is 0.683. The molecule has 0 saturated heterocycles. The molecule has 0 spiro atoms. The van der Waals surface area contributed by atoms with Crippen LogP contribution in [0.15, 0.2) is 72.8 Å². The van der Waals surface area contributed by atoms with Gasteiger partial charge in [0.15, 0.2) is 0 Å². The quantitative estimate of drug-likeness (QED) is 0.694. The van der Waals surface area contributed by atoms with Crippen LogP contribution in [0.25, 0.3) is 0 Å². The maximum atomic E-state index is 12.9. The first kappa shape index (κ1) is 18.5. The van der Waals surface area contributed by atoms with Crippen LogP contribution in [0.5, 0.6) is 11.8 Å². The Labute approximate surface area is 159 Å². The van der Waals surface area contributed by atoms with Crippen LogP contribution in [0.2, 0.25) is 0 Å². The fraction of sp³-hybridized carbons (Fsp3) is 0.182. The van der Waals surface area contributed by atoms with Gasteiger partial charge in [-0.05, 0) is 23.6 Å². The largest absolute Gasteiger partial charge is 0.481 e. The van der Waals surface area contributed by atoms with Gasteiger partial charge in [0.1, 0.15) is 5.56 Å². The van der Waals surface area contributed by atoms with Gasteiger partial charge in [-0.2, -0.15) is 4.98 Å². The number of methoxy groups -OCH3 is 2. The number of nitrogens with one attached hydrogen (secondary N) is 1. The monoisotopic (exact) mass is 362 g/mol. The molecule has 5 heteroatoms. The van der Waals surface area contributed by atoms with Crippen LogP contribution in [0.4, 0.5) is 0 Å². The van der Waals surface area contributed by atoms with Crippen molar-refractivity contribution in [2.24, 2.45) is 0 Å². The van der Waals surface area contributed by atoms with Gasteiger partial charge in [0.05, 0.1) is 20.3 Å². The topological polar surface area (TPSA) is 60.5 Å². The van der Waals surface area contributed by atoms with Gasteiger partial charge in [0.25, 0.3) is 5.91 Å². The Balaban J connectivity index is 1.86. The summed E-state index contributed by atoms with van der Waals surface area (Å²) in [6.45, 7) is 0. The number of aromatic nitrogens is 1. The summed E-state index contributed by atoms with van der Waals surface area (Å²) in [5.74, 6) is 0.387. The van der Waals surface area contributed by atoms with Gasteiger partial charge in [0, 0.05) is 6.07 Å². The molecule has 138 valence electrons. The van der Waals surface area contributed by atoms with E-state index < -0.39 is 0 Å². The fourth-order valence-corrected chi connectivity index (χ4v) is 2.89. The number of ether oxygens (including phenoxy) is 2. The minimum absolute atomic E-state index is 0.173. The van der Waals surface area contributed by atoms with Crippen molar-refractivity contribution >= 4 is 5.91 Å². The molecule has 1 N–H and O–H groups in total. The summed E-state index contributed by atoms with van der Waals surface area (Å²) < 4.78 is 10.4. The number of hydrogen-bond donors (Lipinski definition) is 1. The van der Waals surface area contributed by atoms with Crippen LogP contribution in [-0.2, 0) is 6.42 Å². The summed E-state index contributed by atoms with van der Waals surface area (Å²) >= 11 is 0. The molecule has 3 rings (SSSR count). The molecule has 0 aliphatic carbocycles. The molecule has 0 unspecified atom stereocenters. The predicted molar refractivity (Wildman–Crippen MR) is 104 cm³/mol. The van der Waals surface area contributed by atoms with Crippen molar-refractivity contribution in [3.05, 3.63) is 89.5 Å². The van der Waals surface area contributed by atoms with Crippen molar-refractivity contribution < 1.29 is 14.3 Å². The van der Waals surface area contributed by atoms with Crippen molar-refractivity contribution in [2.45, 2.75) is 12.5 Å². The van der Waals surface area contributed by atoms with E-state index >= 15 is 0 Å². The molecule has 27 heavy (non-hydrogen) atoms. The van der Waals surface area contributed by atoms with Crippen molar-refractivity contribution in [1.82, 2.24) is 10.3 Å². The molecule has 1 aromatic heterocycles. The second kappa shape index (κ2) is 8.85. The number of pyridine rings is 1. The van der Waals surface area contributed by atoms with E-state index in [1.165, 1.54) is 14.2 Å². The first-order valence-electron chi connectivity index (χ1n) is 8.70. The summed E-state index contributed by atoms with van der Waals surface area (Å²) in [7, 11) is 3.00. The zero-order chi connectivity index (χ0) is 19.1. The van der Waals surface area contributed by atoms with Gasteiger partial charge in [-0.3, -0.25) is 4.79 Å². The molecule has 0 radical (unpaired) electrons. The Hall–Kier alpha value is -3.34. The molecule has 5 nitrogen and oxygen atoms in total. The second-order valence-electron chi connectivity index (χ2n) is 6.04. The lowest BCUT2D eigenvalue weighted by molar-refractivity contribution is 0.0932. The van der Waals surface area contributed by atoms with Crippen LogP contribution in [0.1, 0.15) is 27.5 Å². The highest BCUT2D eigenvalue weighted by atomic mass is 16.5. The molecule has 0 saturated carbocycles. The van der Waals surface area contributed by atoms with Crippen molar-refractivity contribution in [3.63, 3.8) is 0 Å². The first-order valence-corrected chi connectivity index (χ1v) is 8.70. The molecule has 0 fully saturated rings. The summed E-state index contributed by atoms with van der Waals surface area (Å²) in [5.41, 5.74) is 2.55. The minimum atomic E-state index is -0.244. The van der Waals surface area contributed by atoms with E-state index in [4.69, 9.17) is 9.47 Å². The van der Waals surface area contributed by atoms with E-state index in [-0.39, 0.29) is 17.8 Å². The maximum absolute atomic E-state index is 12.9. The lowest BCUT2D eigenvalue weighted by atomic mass is 9.98. The van der Waals surface area contributed by atoms with E-state index in [0.29, 0.717) is 17.9 Å². The van der Waals surface area contributed by atoms with Crippen molar-refractivity contribution in [1.29, 1.82) is 0 Å². The molecular weight excluding hydrogens is 340 g/mol. The van der Waals surface area contributed by atoms with Gasteiger partial charge < -0.3 is 14.8 Å². The Kier molecular flexibility index (Phi) is 6.05. The van der Waals surface area contributed by atoms with Crippen LogP contribution >= 0.6 is 0 Å². The normalized spacial score (nSPS) is 11.5. The molecule has 0 bridgehead atoms. The Morgan fingerprint density at radius 3 is 2.22 bits per heavy atom. The van der Waals surface area contributed by atoms with Gasteiger partial charge in [-0.1, -0.05) is 60.7 Å². The van der Waals surface area contributed by atoms with Gasteiger partial charge in [-0.15, -0.1) is 0 Å². The highest BCUT2D eigenvalue weighted by Gasteiger charge is 2.20. The zero-order valence-electron chi connectivity index (χ0n) is 15.4. The molecule has 1 atom stereocenters. The Bertz CT molecular complexity index is 883. The number of hydrogen-bond acceptors (Lipinski definition) is 4. The number of benzene rings is 2. The van der Waals surface area contributed by atoms with Crippen molar-refractivity contribution in [2.75, 3.05) is 14.2 Å². The van der Waals surface area contributed by atoms with Gasteiger partial charge in [-0.25, -0.2) is 0 Å². The number of amides is 1. The fourth-order valence-electron chi connectivity index (χ4n) is 2.89. The Morgan fingerprint density at radius 1 is 0.926 bits per heavy atom. The lowest BCUT2D eigenvalue weighted by Gasteiger charge is -2.20. The van der Waals surface area contributed by atoms with Crippen LogP contribution in [0.3, 0.4) is 0 Å². The number of carbonyl (C=O) groups excluding carboxylic acids is 1. The molecule has 1 heterocycles.